The molecule has 4 heterocycles. The number of carboxylic acids is 1. The summed E-state index contributed by atoms with van der Waals surface area (Å²) in [4.78, 5) is 31.0. The van der Waals surface area contributed by atoms with Gasteiger partial charge in [0.1, 0.15) is 5.70 Å². The summed E-state index contributed by atoms with van der Waals surface area (Å²) in [6, 6.07) is -0.228. The molecular weight excluding hydrogens is 414 g/mol. The van der Waals surface area contributed by atoms with Crippen LogP contribution in [0.15, 0.2) is 26.4 Å². The van der Waals surface area contributed by atoms with Gasteiger partial charge in [-0.15, -0.1) is 11.3 Å². The smallest absolute Gasteiger partial charge is 0.353 e. The van der Waals surface area contributed by atoms with Gasteiger partial charge in [-0.25, -0.2) is 9.78 Å². The molecule has 0 aromatic carbocycles. The minimum atomic E-state index is -1.13. The highest BCUT2D eigenvalue weighted by Crippen LogP contribution is 2.52. The first-order valence-electron chi connectivity index (χ1n) is 9.39. The van der Waals surface area contributed by atoms with Gasteiger partial charge in [0.2, 0.25) is 5.91 Å². The van der Waals surface area contributed by atoms with E-state index in [1.807, 2.05) is 12.3 Å². The lowest BCUT2D eigenvalue weighted by atomic mass is 9.79. The molecule has 156 valence electrons. The van der Waals surface area contributed by atoms with Crippen molar-refractivity contribution in [1.29, 1.82) is 0 Å². The van der Waals surface area contributed by atoms with Gasteiger partial charge < -0.3 is 25.2 Å². The molecule has 0 unspecified atom stereocenters. The van der Waals surface area contributed by atoms with Crippen LogP contribution in [0.1, 0.15) is 19.5 Å². The lowest BCUT2D eigenvalue weighted by molar-refractivity contribution is -0.163. The maximum Gasteiger partial charge on any atom is 0.353 e. The SMILES string of the molecule is COC[C@@H]1NCC=C1c1csc(SC2=C(C(=O)O)N3C(=O)[C@H]([C@@H](C)O)[C@H]3[C@H]2C)n1. The van der Waals surface area contributed by atoms with Crippen LogP contribution < -0.4 is 5.32 Å². The fraction of sp³-hybridized carbons (Fsp3) is 0.526. The highest BCUT2D eigenvalue weighted by atomic mass is 32.2. The number of amides is 1. The topological polar surface area (TPSA) is 112 Å². The number of carboxylic acid groups (broad SMARTS) is 1. The van der Waals surface area contributed by atoms with Crippen molar-refractivity contribution >= 4 is 40.5 Å². The van der Waals surface area contributed by atoms with E-state index >= 15 is 0 Å². The standard InChI is InChI=1S/C19H23N3O5S2/c1-8-14-13(9(2)23)17(24)22(14)15(18(25)26)16(8)29-19-21-12(7-28-19)10-4-5-20-11(10)6-27-3/h4,7-9,11,13-14,20,23H,5-6H2,1-3H3,(H,25,26)/t8-,9-,11+,13-,14-/m1/s1. The molecule has 8 nitrogen and oxygen atoms in total. The largest absolute Gasteiger partial charge is 0.477 e. The number of hydrogen-bond donors (Lipinski definition) is 3. The number of ether oxygens (including phenoxy) is 1. The molecule has 5 atom stereocenters. The number of hydrogen-bond acceptors (Lipinski definition) is 8. The summed E-state index contributed by atoms with van der Waals surface area (Å²) in [5.41, 5.74) is 1.95. The Balaban J connectivity index is 1.59. The van der Waals surface area contributed by atoms with E-state index in [2.05, 4.69) is 11.4 Å². The van der Waals surface area contributed by atoms with Crippen LogP contribution in [-0.4, -0.2) is 70.4 Å². The van der Waals surface area contributed by atoms with E-state index in [9.17, 15) is 19.8 Å². The van der Waals surface area contributed by atoms with Gasteiger partial charge in [-0.3, -0.25) is 4.79 Å². The number of nitrogens with zero attached hydrogens (tertiary/aromatic N) is 2. The van der Waals surface area contributed by atoms with Crippen molar-refractivity contribution in [2.24, 2.45) is 11.8 Å². The molecule has 0 saturated carbocycles. The summed E-state index contributed by atoms with van der Waals surface area (Å²) in [5.74, 6) is -2.19. The molecular formula is C19H23N3O5S2. The Morgan fingerprint density at radius 1 is 1.55 bits per heavy atom. The van der Waals surface area contributed by atoms with Crippen LogP contribution in [0.3, 0.4) is 0 Å². The van der Waals surface area contributed by atoms with E-state index in [-0.39, 0.29) is 29.6 Å². The van der Waals surface area contributed by atoms with E-state index in [0.717, 1.165) is 22.2 Å². The van der Waals surface area contributed by atoms with Crippen LogP contribution in [0.4, 0.5) is 0 Å². The zero-order valence-corrected chi connectivity index (χ0v) is 17.9. The minimum absolute atomic E-state index is 0.0187. The van der Waals surface area contributed by atoms with Crippen molar-refractivity contribution in [3.63, 3.8) is 0 Å². The number of aliphatic hydroxyl groups excluding tert-OH is 1. The fourth-order valence-corrected chi connectivity index (χ4v) is 6.45. The summed E-state index contributed by atoms with van der Waals surface area (Å²) < 4.78 is 5.98. The number of aromatic nitrogens is 1. The third-order valence-corrected chi connectivity index (χ3v) is 7.91. The predicted molar refractivity (Wildman–Crippen MR) is 109 cm³/mol. The van der Waals surface area contributed by atoms with Crippen molar-refractivity contribution in [3.05, 3.63) is 27.8 Å². The van der Waals surface area contributed by atoms with E-state index in [1.54, 1.807) is 14.0 Å². The van der Waals surface area contributed by atoms with Crippen LogP contribution in [0.5, 0.6) is 0 Å². The Bertz CT molecular complexity index is 909. The summed E-state index contributed by atoms with van der Waals surface area (Å²) in [6.45, 7) is 4.79. The average Bonchev–Trinajstić information content (AvgIpc) is 3.34. The first kappa shape index (κ1) is 20.5. The number of aliphatic hydroxyl groups is 1. The quantitative estimate of drug-likeness (QED) is 0.549. The number of thiazole rings is 1. The van der Waals surface area contributed by atoms with Gasteiger partial charge in [-0.1, -0.05) is 24.8 Å². The number of nitrogens with one attached hydrogen (secondary N) is 1. The number of carbonyl (C=O) groups is 2. The molecule has 29 heavy (non-hydrogen) atoms. The van der Waals surface area contributed by atoms with Crippen molar-refractivity contribution in [2.45, 2.75) is 36.4 Å². The van der Waals surface area contributed by atoms with Gasteiger partial charge in [0.25, 0.3) is 0 Å². The van der Waals surface area contributed by atoms with E-state index in [4.69, 9.17) is 9.72 Å². The third-order valence-electron chi connectivity index (χ3n) is 5.68. The normalized spacial score (nSPS) is 29.7. The Labute approximate surface area is 176 Å². The van der Waals surface area contributed by atoms with Gasteiger partial charge >= 0.3 is 5.97 Å². The molecule has 10 heteroatoms. The van der Waals surface area contributed by atoms with E-state index < -0.39 is 18.0 Å². The van der Waals surface area contributed by atoms with Crippen molar-refractivity contribution in [1.82, 2.24) is 15.2 Å². The molecule has 0 spiro atoms. The van der Waals surface area contributed by atoms with Gasteiger partial charge in [0, 0.05) is 29.9 Å². The van der Waals surface area contributed by atoms with Gasteiger partial charge in [-0.05, 0) is 12.5 Å². The Morgan fingerprint density at radius 2 is 2.31 bits per heavy atom. The Kier molecular flexibility index (Phi) is 5.56. The van der Waals surface area contributed by atoms with Crippen molar-refractivity contribution in [2.75, 3.05) is 20.3 Å². The molecule has 3 N–H and O–H groups in total. The number of β-lactam (4-membered cyclic amide) rings is 1. The van der Waals surface area contributed by atoms with Gasteiger partial charge in [0.05, 0.1) is 36.4 Å². The summed E-state index contributed by atoms with van der Waals surface area (Å²) in [6.07, 6.45) is 1.28. The molecule has 4 rings (SSSR count). The second kappa shape index (κ2) is 7.84. The third kappa shape index (κ3) is 3.32. The highest BCUT2D eigenvalue weighted by Gasteiger charge is 2.60. The number of rotatable bonds is 7. The zero-order chi connectivity index (χ0) is 20.9. The number of thioether (sulfide) groups is 1. The molecule has 3 aliphatic heterocycles. The monoisotopic (exact) mass is 437 g/mol. The van der Waals surface area contributed by atoms with Crippen LogP contribution in [0.2, 0.25) is 0 Å². The van der Waals surface area contributed by atoms with E-state index in [1.165, 1.54) is 28.0 Å². The van der Waals surface area contributed by atoms with Crippen LogP contribution >= 0.6 is 23.1 Å². The lowest BCUT2D eigenvalue weighted by Crippen LogP contribution is -2.63. The maximum absolute atomic E-state index is 12.4. The molecule has 0 radical (unpaired) electrons. The van der Waals surface area contributed by atoms with Gasteiger partial charge in [-0.2, -0.15) is 0 Å². The second-order valence-corrected chi connectivity index (χ2v) is 9.60. The molecule has 1 aromatic rings. The van der Waals surface area contributed by atoms with Crippen molar-refractivity contribution in [3.8, 4) is 0 Å². The molecule has 0 bridgehead atoms. The maximum atomic E-state index is 12.4. The summed E-state index contributed by atoms with van der Waals surface area (Å²) >= 11 is 2.76. The van der Waals surface area contributed by atoms with Crippen molar-refractivity contribution < 1.29 is 24.5 Å². The van der Waals surface area contributed by atoms with Gasteiger partial charge in [0.15, 0.2) is 4.34 Å². The highest BCUT2D eigenvalue weighted by molar-refractivity contribution is 8.04. The Morgan fingerprint density at radius 3 is 2.97 bits per heavy atom. The number of aliphatic carboxylic acids is 1. The van der Waals surface area contributed by atoms with E-state index in [0.29, 0.717) is 11.5 Å². The number of methoxy groups -OCH3 is 1. The first-order valence-corrected chi connectivity index (χ1v) is 11.1. The first-order chi connectivity index (χ1) is 13.8. The molecule has 1 saturated heterocycles. The fourth-order valence-electron chi connectivity index (χ4n) is 4.35. The second-order valence-electron chi connectivity index (χ2n) is 7.45. The molecule has 1 fully saturated rings. The number of carbonyl (C=O) groups excluding carboxylic acids is 1. The van der Waals surface area contributed by atoms with Crippen LogP contribution in [0.25, 0.3) is 5.57 Å². The van der Waals surface area contributed by atoms with Crippen LogP contribution in [0, 0.1) is 11.8 Å². The molecule has 1 aromatic heterocycles. The Hall–Kier alpha value is -1.72. The number of fused-ring (bicyclic) bond motifs is 1. The predicted octanol–water partition coefficient (Wildman–Crippen LogP) is 1.39. The molecule has 1 amide bonds. The lowest BCUT2D eigenvalue weighted by Gasteiger charge is -2.46. The minimum Gasteiger partial charge on any atom is -0.477 e. The zero-order valence-electron chi connectivity index (χ0n) is 16.3. The molecule has 3 aliphatic rings. The summed E-state index contributed by atoms with van der Waals surface area (Å²) in [7, 11) is 1.66. The summed E-state index contributed by atoms with van der Waals surface area (Å²) in [5, 5.41) is 25.0. The van der Waals surface area contributed by atoms with Crippen LogP contribution in [-0.2, 0) is 14.3 Å². The average molecular weight is 438 g/mol. The molecule has 0 aliphatic carbocycles.